The molecule has 1 unspecified atom stereocenters. The summed E-state index contributed by atoms with van der Waals surface area (Å²) in [6.07, 6.45) is 0. The third-order valence-corrected chi connectivity index (χ3v) is 14.1. The Balaban J connectivity index is 1.14. The molecule has 0 heterocycles. The lowest BCUT2D eigenvalue weighted by Gasteiger charge is -2.35. The maximum Gasteiger partial charge on any atom is 0.0714 e. The molecule has 302 valence electrons. The van der Waals surface area contributed by atoms with Crippen LogP contribution in [0.3, 0.4) is 0 Å². The van der Waals surface area contributed by atoms with Crippen molar-refractivity contribution in [3.05, 3.63) is 294 Å². The summed E-state index contributed by atoms with van der Waals surface area (Å²) in [5.41, 5.74) is 21.3. The molecule has 0 N–H and O–H groups in total. The molecule has 64 heavy (non-hydrogen) atoms. The fourth-order valence-electron chi connectivity index (χ4n) is 11.2. The highest BCUT2D eigenvalue weighted by atomic mass is 15.1. The summed E-state index contributed by atoms with van der Waals surface area (Å²) in [6, 6.07) is 94.2. The van der Waals surface area contributed by atoms with Gasteiger partial charge >= 0.3 is 0 Å². The minimum absolute atomic E-state index is 0.358. The number of hydrogen-bond donors (Lipinski definition) is 0. The van der Waals surface area contributed by atoms with Gasteiger partial charge in [-0.25, -0.2) is 0 Å². The van der Waals surface area contributed by atoms with Crippen molar-refractivity contribution in [1.29, 1.82) is 0 Å². The van der Waals surface area contributed by atoms with Crippen molar-refractivity contribution in [2.45, 2.75) is 17.8 Å². The van der Waals surface area contributed by atoms with E-state index in [0.717, 1.165) is 22.6 Å². The van der Waals surface area contributed by atoms with E-state index in [-0.39, 0.29) is 5.41 Å². The lowest BCUT2D eigenvalue weighted by molar-refractivity contribution is 0.714. The molecule has 0 saturated heterocycles. The first-order valence-corrected chi connectivity index (χ1v) is 22.3. The maximum absolute atomic E-state index is 2.55. The molecule has 0 saturated carbocycles. The zero-order chi connectivity index (χ0) is 42.7. The second-order valence-electron chi connectivity index (χ2n) is 17.3. The van der Waals surface area contributed by atoms with Gasteiger partial charge in [0.15, 0.2) is 0 Å². The van der Waals surface area contributed by atoms with Gasteiger partial charge in [-0.1, -0.05) is 231 Å². The van der Waals surface area contributed by atoms with Gasteiger partial charge in [0, 0.05) is 22.2 Å². The van der Waals surface area contributed by atoms with Crippen LogP contribution in [0.5, 0.6) is 0 Å². The first-order valence-electron chi connectivity index (χ1n) is 22.3. The summed E-state index contributed by atoms with van der Waals surface area (Å²) in [4.78, 5) is 2.55. The van der Waals surface area contributed by atoms with E-state index < -0.39 is 5.41 Å². The third-order valence-electron chi connectivity index (χ3n) is 14.1. The van der Waals surface area contributed by atoms with Crippen molar-refractivity contribution in [3.63, 3.8) is 0 Å². The lowest BCUT2D eigenvalue weighted by Crippen LogP contribution is -2.28. The summed E-state index contributed by atoms with van der Waals surface area (Å²) in [5.74, 6) is 0. The van der Waals surface area contributed by atoms with Gasteiger partial charge in [0.25, 0.3) is 0 Å². The Kier molecular flexibility index (Phi) is 8.91. The lowest BCUT2D eigenvalue weighted by atomic mass is 9.68. The fourth-order valence-corrected chi connectivity index (χ4v) is 11.2. The van der Waals surface area contributed by atoms with Gasteiger partial charge in [0.2, 0.25) is 0 Å². The summed E-state index contributed by atoms with van der Waals surface area (Å²) >= 11 is 0. The van der Waals surface area contributed by atoms with Crippen molar-refractivity contribution >= 4 is 17.1 Å². The van der Waals surface area contributed by atoms with Gasteiger partial charge in [-0.3, -0.25) is 0 Å². The zero-order valence-corrected chi connectivity index (χ0v) is 35.7. The number of anilines is 3. The minimum Gasteiger partial charge on any atom is -0.309 e. The Morgan fingerprint density at radius 3 is 1.44 bits per heavy atom. The maximum atomic E-state index is 2.55. The third kappa shape index (κ3) is 5.64. The first-order chi connectivity index (χ1) is 31.7. The van der Waals surface area contributed by atoms with Crippen molar-refractivity contribution in [3.8, 4) is 44.5 Å². The Bertz CT molecular complexity index is 3280. The Labute approximate surface area is 376 Å². The average molecular weight is 816 g/mol. The van der Waals surface area contributed by atoms with Gasteiger partial charge in [0.05, 0.1) is 16.8 Å². The van der Waals surface area contributed by atoms with Crippen LogP contribution < -0.4 is 4.90 Å². The largest absolute Gasteiger partial charge is 0.309 e. The molecule has 0 aliphatic heterocycles. The second kappa shape index (κ2) is 15.1. The van der Waals surface area contributed by atoms with Gasteiger partial charge in [-0.15, -0.1) is 0 Å². The molecule has 2 aliphatic rings. The molecule has 0 fully saturated rings. The molecule has 12 rings (SSSR count). The predicted octanol–water partition coefficient (Wildman–Crippen LogP) is 16.2. The van der Waals surface area contributed by atoms with Crippen molar-refractivity contribution < 1.29 is 0 Å². The highest BCUT2D eigenvalue weighted by molar-refractivity contribution is 6.00. The van der Waals surface area contributed by atoms with Gasteiger partial charge in [-0.2, -0.15) is 0 Å². The van der Waals surface area contributed by atoms with Crippen LogP contribution in [0, 0.1) is 0 Å². The summed E-state index contributed by atoms with van der Waals surface area (Å²) in [6.45, 7) is 2.41. The molecule has 1 atom stereocenters. The molecular formula is C63H45N. The summed E-state index contributed by atoms with van der Waals surface area (Å²) < 4.78 is 0. The molecule has 1 heteroatoms. The van der Waals surface area contributed by atoms with E-state index in [1.807, 2.05) is 0 Å². The number of para-hydroxylation sites is 1. The number of rotatable bonds is 8. The van der Waals surface area contributed by atoms with Crippen LogP contribution in [0.4, 0.5) is 17.1 Å². The number of benzene rings is 10. The van der Waals surface area contributed by atoms with E-state index in [1.54, 1.807) is 0 Å². The van der Waals surface area contributed by atoms with Gasteiger partial charge < -0.3 is 4.90 Å². The number of hydrogen-bond acceptors (Lipinski definition) is 1. The predicted molar refractivity (Wildman–Crippen MR) is 267 cm³/mol. The molecule has 10 aromatic carbocycles. The van der Waals surface area contributed by atoms with Crippen molar-refractivity contribution in [2.24, 2.45) is 0 Å². The molecule has 0 amide bonds. The quantitative estimate of drug-likeness (QED) is 0.148. The molecule has 0 aromatic heterocycles. The number of fused-ring (bicyclic) bond motifs is 6. The summed E-state index contributed by atoms with van der Waals surface area (Å²) in [7, 11) is 0. The van der Waals surface area contributed by atoms with Crippen LogP contribution in [0.15, 0.2) is 255 Å². The van der Waals surface area contributed by atoms with Crippen molar-refractivity contribution in [2.75, 3.05) is 4.90 Å². The Hall–Kier alpha value is -8.00. The van der Waals surface area contributed by atoms with E-state index in [1.165, 1.54) is 77.9 Å². The van der Waals surface area contributed by atoms with E-state index in [2.05, 4.69) is 267 Å². The molecule has 2 aliphatic carbocycles. The van der Waals surface area contributed by atoms with Crippen LogP contribution in [0.1, 0.15) is 45.9 Å². The molecule has 0 radical (unpaired) electrons. The van der Waals surface area contributed by atoms with Crippen LogP contribution in [0.2, 0.25) is 0 Å². The average Bonchev–Trinajstić information content (AvgIpc) is 3.83. The van der Waals surface area contributed by atoms with E-state index >= 15 is 0 Å². The highest BCUT2D eigenvalue weighted by Gasteiger charge is 2.48. The van der Waals surface area contributed by atoms with Crippen LogP contribution >= 0.6 is 0 Å². The van der Waals surface area contributed by atoms with Crippen LogP contribution in [-0.4, -0.2) is 0 Å². The monoisotopic (exact) mass is 815 g/mol. The van der Waals surface area contributed by atoms with Crippen LogP contribution in [0.25, 0.3) is 44.5 Å². The Morgan fingerprint density at radius 2 is 0.766 bits per heavy atom. The minimum atomic E-state index is -0.533. The standard InChI is InChI=1S/C63H45N/c1-62(47-23-8-3-9-24-47)55-32-17-14-30-52(55)53-42-41-50(43-58(53)62)64(59-35-19-16-29-51(59)46-39-37-45(38-40-46)44-21-6-2-7-22-44)60-36-20-34-57-61(60)54-31-15-18-33-56(54)63(57,48-25-10-4-11-26-48)49-27-12-5-13-28-49/h2-43H,1H3. The van der Waals surface area contributed by atoms with Gasteiger partial charge in [0.1, 0.15) is 0 Å². The first kappa shape index (κ1) is 37.7. The topological polar surface area (TPSA) is 3.24 Å². The normalized spacial score (nSPS) is 15.1. The van der Waals surface area contributed by atoms with Crippen LogP contribution in [-0.2, 0) is 10.8 Å². The zero-order valence-electron chi connectivity index (χ0n) is 35.7. The molecule has 10 aromatic rings. The second-order valence-corrected chi connectivity index (χ2v) is 17.3. The van der Waals surface area contributed by atoms with E-state index in [4.69, 9.17) is 0 Å². The smallest absolute Gasteiger partial charge is 0.0714 e. The Morgan fingerprint density at radius 1 is 0.297 bits per heavy atom. The number of nitrogens with zero attached hydrogens (tertiary/aromatic N) is 1. The highest BCUT2D eigenvalue weighted by Crippen LogP contribution is 2.61. The fraction of sp³-hybridized carbons (Fsp3) is 0.0476. The molecule has 1 nitrogen and oxygen atoms in total. The molecule has 0 spiro atoms. The van der Waals surface area contributed by atoms with Crippen molar-refractivity contribution in [1.82, 2.24) is 0 Å². The summed E-state index contributed by atoms with van der Waals surface area (Å²) in [5, 5.41) is 0. The molecule has 0 bridgehead atoms. The van der Waals surface area contributed by atoms with E-state index in [0.29, 0.717) is 0 Å². The SMILES string of the molecule is CC1(c2ccccc2)c2ccccc2-c2ccc(N(c3ccccc3-c3ccc(-c4ccccc4)cc3)c3cccc4c3-c3ccccc3C4(c3ccccc3)c3ccccc3)cc21. The van der Waals surface area contributed by atoms with Gasteiger partial charge in [-0.05, 0) is 104 Å². The molecular weight excluding hydrogens is 771 g/mol. The van der Waals surface area contributed by atoms with E-state index in [9.17, 15) is 0 Å².